The number of nitrogens with one attached hydrogen (secondary N) is 2. The molecule has 0 bridgehead atoms. The highest BCUT2D eigenvalue weighted by Gasteiger charge is 2.40. The third-order valence-electron chi connectivity index (χ3n) is 6.97. The topological polar surface area (TPSA) is 99.7 Å². The number of carbonyl (C=O) groups is 1. The van der Waals surface area contributed by atoms with Crippen LogP contribution in [0.15, 0.2) is 36.8 Å². The second-order valence-corrected chi connectivity index (χ2v) is 9.88. The van der Waals surface area contributed by atoms with Crippen molar-refractivity contribution in [2.75, 3.05) is 29.9 Å². The van der Waals surface area contributed by atoms with Gasteiger partial charge in [-0.2, -0.15) is 5.10 Å². The van der Waals surface area contributed by atoms with Crippen LogP contribution in [0.5, 0.6) is 0 Å². The lowest BCUT2D eigenvalue weighted by Gasteiger charge is -2.21. The maximum absolute atomic E-state index is 14.5. The van der Waals surface area contributed by atoms with Gasteiger partial charge in [-0.15, -0.1) is 0 Å². The highest BCUT2D eigenvalue weighted by atomic mass is 19.1. The largest absolute Gasteiger partial charge is 0.389 e. The van der Waals surface area contributed by atoms with Crippen LogP contribution in [-0.4, -0.2) is 61.5 Å². The Labute approximate surface area is 201 Å². The molecule has 1 saturated carbocycles. The van der Waals surface area contributed by atoms with E-state index in [1.54, 1.807) is 34.5 Å². The molecule has 2 aliphatic rings. The van der Waals surface area contributed by atoms with E-state index in [0.717, 1.165) is 43.4 Å². The molecule has 1 aromatic carbocycles. The fourth-order valence-corrected chi connectivity index (χ4v) is 4.91. The lowest BCUT2D eigenvalue weighted by molar-refractivity contribution is 0.102. The van der Waals surface area contributed by atoms with Crippen LogP contribution in [0, 0.1) is 12.7 Å². The number of amides is 1. The number of benzene rings is 1. The summed E-state index contributed by atoms with van der Waals surface area (Å²) in [5.41, 5.74) is 2.81. The Balaban J connectivity index is 1.25. The van der Waals surface area contributed by atoms with Gasteiger partial charge in [0.2, 0.25) is 0 Å². The molecule has 1 saturated heterocycles. The first kappa shape index (κ1) is 22.0. The summed E-state index contributed by atoms with van der Waals surface area (Å²) in [5, 5.41) is 21.9. The molecule has 1 aliphatic heterocycles. The van der Waals surface area contributed by atoms with Crippen LogP contribution in [-0.2, 0) is 7.05 Å². The number of carbonyl (C=O) groups excluding carboxylic acids is 1. The van der Waals surface area contributed by atoms with Gasteiger partial charge < -0.3 is 25.0 Å². The van der Waals surface area contributed by atoms with Gasteiger partial charge in [-0.05, 0) is 38.3 Å². The van der Waals surface area contributed by atoms with Gasteiger partial charge in [0.15, 0.2) is 11.5 Å². The summed E-state index contributed by atoms with van der Waals surface area (Å²) < 4.78 is 17.8. The number of nitrogens with zero attached hydrogens (tertiary/aromatic N) is 5. The smallest absolute Gasteiger partial charge is 0.257 e. The average Bonchev–Trinajstić information content (AvgIpc) is 3.16. The van der Waals surface area contributed by atoms with E-state index in [-0.39, 0.29) is 11.6 Å². The fraction of sp³-hybridized carbons (Fsp3) is 0.400. The van der Waals surface area contributed by atoms with E-state index in [1.807, 2.05) is 19.3 Å². The van der Waals surface area contributed by atoms with E-state index in [4.69, 9.17) is 0 Å². The van der Waals surface area contributed by atoms with Crippen molar-refractivity contribution in [1.29, 1.82) is 0 Å². The Hall–Kier alpha value is -3.50. The minimum atomic E-state index is -0.511. The van der Waals surface area contributed by atoms with Crippen molar-refractivity contribution in [2.24, 2.45) is 7.05 Å². The van der Waals surface area contributed by atoms with Crippen LogP contribution in [0.1, 0.15) is 35.3 Å². The molecule has 1 aliphatic carbocycles. The first-order chi connectivity index (χ1) is 16.8. The van der Waals surface area contributed by atoms with Crippen molar-refractivity contribution < 1.29 is 14.3 Å². The zero-order chi connectivity index (χ0) is 24.3. The predicted octanol–water partition coefficient (Wildman–Crippen LogP) is 2.61. The zero-order valence-electron chi connectivity index (χ0n) is 19.8. The van der Waals surface area contributed by atoms with E-state index in [2.05, 4.69) is 25.6 Å². The van der Waals surface area contributed by atoms with E-state index in [1.165, 1.54) is 6.07 Å². The van der Waals surface area contributed by atoms with Crippen LogP contribution < -0.4 is 15.5 Å². The molecular weight excluding hydrogens is 449 g/mol. The third kappa shape index (κ3) is 4.12. The van der Waals surface area contributed by atoms with Gasteiger partial charge in [-0.3, -0.25) is 9.48 Å². The second-order valence-electron chi connectivity index (χ2n) is 9.88. The summed E-state index contributed by atoms with van der Waals surface area (Å²) in [6.07, 6.45) is 8.02. The molecule has 4 aromatic rings. The molecule has 2 fully saturated rings. The highest BCUT2D eigenvalue weighted by molar-refractivity contribution is 6.13. The van der Waals surface area contributed by atoms with Gasteiger partial charge in [-0.1, -0.05) is 0 Å². The van der Waals surface area contributed by atoms with Gasteiger partial charge in [0.05, 0.1) is 22.5 Å². The number of hydrogen-bond donors (Lipinski definition) is 3. The number of fused-ring (bicyclic) bond motifs is 2. The van der Waals surface area contributed by atoms with Crippen molar-refractivity contribution in [3.63, 3.8) is 0 Å². The molecule has 4 heterocycles. The van der Waals surface area contributed by atoms with Gasteiger partial charge in [0.1, 0.15) is 5.52 Å². The van der Waals surface area contributed by atoms with Crippen LogP contribution >= 0.6 is 0 Å². The summed E-state index contributed by atoms with van der Waals surface area (Å²) in [4.78, 5) is 19.7. The van der Waals surface area contributed by atoms with Crippen LogP contribution in [0.4, 0.5) is 15.8 Å². The number of imidazole rings is 1. The third-order valence-corrected chi connectivity index (χ3v) is 6.97. The molecule has 1 amide bonds. The second kappa shape index (κ2) is 8.03. The van der Waals surface area contributed by atoms with Gasteiger partial charge in [0.25, 0.3) is 5.91 Å². The summed E-state index contributed by atoms with van der Waals surface area (Å²) >= 11 is 0. The van der Waals surface area contributed by atoms with Gasteiger partial charge in [-0.25, -0.2) is 9.37 Å². The zero-order valence-corrected chi connectivity index (χ0v) is 19.8. The summed E-state index contributed by atoms with van der Waals surface area (Å²) in [7, 11) is 1.83. The molecule has 10 heteroatoms. The number of rotatable bonds is 6. The molecule has 3 N–H and O–H groups in total. The maximum atomic E-state index is 14.5. The van der Waals surface area contributed by atoms with Gasteiger partial charge in [0, 0.05) is 68.5 Å². The Kier molecular flexibility index (Phi) is 5.05. The van der Waals surface area contributed by atoms with Crippen molar-refractivity contribution in [3.8, 4) is 0 Å². The monoisotopic (exact) mass is 477 g/mol. The maximum Gasteiger partial charge on any atom is 0.257 e. The summed E-state index contributed by atoms with van der Waals surface area (Å²) in [5.74, 6) is -0.852. The average molecular weight is 478 g/mol. The molecule has 1 atom stereocenters. The fourth-order valence-electron chi connectivity index (χ4n) is 4.91. The Bertz CT molecular complexity index is 1460. The number of aliphatic hydroxyl groups is 1. The highest BCUT2D eigenvalue weighted by Crippen LogP contribution is 2.35. The quantitative estimate of drug-likeness (QED) is 0.395. The molecule has 1 unspecified atom stereocenters. The first-order valence-electron chi connectivity index (χ1n) is 11.9. The van der Waals surface area contributed by atoms with Crippen LogP contribution in [0.25, 0.3) is 16.6 Å². The Morgan fingerprint density at radius 1 is 1.29 bits per heavy atom. The molecule has 0 radical (unpaired) electrons. The molecule has 0 spiro atoms. The van der Waals surface area contributed by atoms with E-state index < -0.39 is 11.4 Å². The molecule has 9 nitrogen and oxygen atoms in total. The number of pyridine rings is 1. The first-order valence-corrected chi connectivity index (χ1v) is 11.9. The standard InChI is InChI=1S/C25H28FN7O2/c1-15-10-33-12-17(9-20(26)23(33)28-15)29-24(34)18-3-4-21(19-13-31(2)30-22(18)19)32-8-5-16(11-32)27-14-25(35)6-7-25/h3-4,9-10,12-13,16,27,35H,5-8,11,14H2,1-2H3,(H,29,34). The summed E-state index contributed by atoms with van der Waals surface area (Å²) in [6.45, 7) is 4.14. The molecule has 3 aromatic heterocycles. The van der Waals surface area contributed by atoms with Gasteiger partial charge >= 0.3 is 0 Å². The summed E-state index contributed by atoms with van der Waals surface area (Å²) in [6, 6.07) is 5.33. The van der Waals surface area contributed by atoms with Crippen molar-refractivity contribution in [1.82, 2.24) is 24.5 Å². The Morgan fingerprint density at radius 2 is 2.11 bits per heavy atom. The van der Waals surface area contributed by atoms with E-state index in [9.17, 15) is 14.3 Å². The van der Waals surface area contributed by atoms with E-state index >= 15 is 0 Å². The predicted molar refractivity (Wildman–Crippen MR) is 131 cm³/mol. The molecule has 6 rings (SSSR count). The van der Waals surface area contributed by atoms with Crippen molar-refractivity contribution >= 4 is 33.8 Å². The number of aromatic nitrogens is 4. The number of hydrogen-bond acceptors (Lipinski definition) is 6. The van der Waals surface area contributed by atoms with Crippen molar-refractivity contribution in [2.45, 2.75) is 37.8 Å². The number of anilines is 2. The SMILES string of the molecule is Cc1cn2cc(NC(=O)c3ccc(N4CCC(NCC5(O)CC5)C4)c4cn(C)nc34)cc(F)c2n1. The lowest BCUT2D eigenvalue weighted by atomic mass is 10.1. The number of halogens is 1. The molecule has 35 heavy (non-hydrogen) atoms. The minimum absolute atomic E-state index is 0.224. The number of aryl methyl sites for hydroxylation is 2. The van der Waals surface area contributed by atoms with Crippen molar-refractivity contribution in [3.05, 3.63) is 53.9 Å². The Morgan fingerprint density at radius 3 is 2.91 bits per heavy atom. The normalized spacial score (nSPS) is 19.1. The van der Waals surface area contributed by atoms with Crippen LogP contribution in [0.3, 0.4) is 0 Å². The van der Waals surface area contributed by atoms with Crippen LogP contribution in [0.2, 0.25) is 0 Å². The molecular formula is C25H28FN7O2. The lowest BCUT2D eigenvalue weighted by Crippen LogP contribution is -2.38. The van der Waals surface area contributed by atoms with E-state index in [0.29, 0.717) is 35.0 Å². The molecule has 182 valence electrons. The minimum Gasteiger partial charge on any atom is -0.389 e.